The molecule has 79 heavy (non-hydrogen) atoms. The highest BCUT2D eigenvalue weighted by molar-refractivity contribution is 5.90. The second-order valence-electron chi connectivity index (χ2n) is 22.7. The third kappa shape index (κ3) is 29.0. The quantitative estimate of drug-likeness (QED) is 0.0281. The number of carbonyl (C=O) groups is 9. The topological polar surface area (TPSA) is 281 Å². The van der Waals surface area contributed by atoms with Crippen LogP contribution in [-0.2, 0) is 76.7 Å². The van der Waals surface area contributed by atoms with Gasteiger partial charge >= 0.3 is 36.0 Å². The minimum Gasteiger partial charge on any atom is -0.484 e. The summed E-state index contributed by atoms with van der Waals surface area (Å²) < 4.78 is 33.0. The van der Waals surface area contributed by atoms with E-state index in [1.54, 1.807) is 132 Å². The molecule has 0 fully saturated rings. The van der Waals surface area contributed by atoms with Crippen molar-refractivity contribution in [2.45, 2.75) is 181 Å². The zero-order chi connectivity index (χ0) is 59.0. The standard InChI is InChI=1S/C58H82N6O15/c1-55(2,3)76-48(67)31-30-43(51(70)78-57(7,8)9)64-53(72)63-42(50(69)77-56(4,5)6)25-19-20-32-59-49(68)44(33-38-21-15-13-16-22-38)61-47(66)37-74-41-28-26-39(27-29-41)34-45(52(71)79-58(10,11)12)62-46(65)35-60-54(73)75-36-40-23-17-14-18-24-40/h13-18,21-24,26-29,42-45H,19-20,25,30-37H2,1-12H3,(H,59,68)(H,60,73)(H,61,66)(H,62,65)(H2,63,64,72)/t42-,43-,44-,45-/m0/s1. The molecule has 0 saturated carbocycles. The molecule has 3 aromatic carbocycles. The van der Waals surface area contributed by atoms with Crippen molar-refractivity contribution in [3.63, 3.8) is 0 Å². The van der Waals surface area contributed by atoms with Crippen LogP contribution < -0.4 is 36.6 Å². The van der Waals surface area contributed by atoms with E-state index in [4.69, 9.17) is 28.4 Å². The molecule has 0 aliphatic heterocycles. The lowest BCUT2D eigenvalue weighted by Gasteiger charge is -2.27. The summed E-state index contributed by atoms with van der Waals surface area (Å²) in [6.07, 6.45) is -0.213. The van der Waals surface area contributed by atoms with E-state index in [1.165, 1.54) is 0 Å². The van der Waals surface area contributed by atoms with Crippen molar-refractivity contribution in [2.24, 2.45) is 0 Å². The fourth-order valence-corrected chi connectivity index (χ4v) is 7.20. The Morgan fingerprint density at radius 2 is 0.937 bits per heavy atom. The first-order valence-electron chi connectivity index (χ1n) is 26.4. The molecule has 21 heteroatoms. The molecule has 3 rings (SSSR count). The third-order valence-corrected chi connectivity index (χ3v) is 10.6. The summed E-state index contributed by atoms with van der Waals surface area (Å²) in [6, 6.07) is 19.1. The summed E-state index contributed by atoms with van der Waals surface area (Å²) in [5.41, 5.74) is -1.27. The highest BCUT2D eigenvalue weighted by atomic mass is 16.6. The average Bonchev–Trinajstić information content (AvgIpc) is 3.33. The molecule has 0 bridgehead atoms. The minimum absolute atomic E-state index is 0.00805. The molecule has 0 aliphatic rings. The predicted octanol–water partition coefficient (Wildman–Crippen LogP) is 6.22. The Hall–Kier alpha value is -7.71. The molecule has 6 amide bonds. The number of carbonyl (C=O) groups excluding carboxylic acids is 9. The van der Waals surface area contributed by atoms with E-state index in [2.05, 4.69) is 31.9 Å². The van der Waals surface area contributed by atoms with Gasteiger partial charge in [-0.2, -0.15) is 0 Å². The number of hydrogen-bond donors (Lipinski definition) is 6. The molecule has 0 spiro atoms. The molecule has 0 unspecified atom stereocenters. The molecule has 21 nitrogen and oxygen atoms in total. The summed E-state index contributed by atoms with van der Waals surface area (Å²) in [4.78, 5) is 118. The summed E-state index contributed by atoms with van der Waals surface area (Å²) in [5.74, 6) is -4.19. The Labute approximate surface area is 464 Å². The Morgan fingerprint density at radius 1 is 0.468 bits per heavy atom. The molecule has 3 aromatic rings. The van der Waals surface area contributed by atoms with Crippen LogP contribution in [0.25, 0.3) is 0 Å². The first-order chi connectivity index (χ1) is 36.8. The number of ether oxygens (including phenoxy) is 6. The predicted molar refractivity (Wildman–Crippen MR) is 293 cm³/mol. The van der Waals surface area contributed by atoms with Gasteiger partial charge in [0, 0.05) is 25.8 Å². The first kappa shape index (κ1) is 65.6. The number of amides is 6. The van der Waals surface area contributed by atoms with Gasteiger partial charge in [0.25, 0.3) is 5.91 Å². The van der Waals surface area contributed by atoms with Crippen molar-refractivity contribution in [3.05, 3.63) is 102 Å². The maximum atomic E-state index is 13.7. The van der Waals surface area contributed by atoms with Gasteiger partial charge in [0.2, 0.25) is 11.8 Å². The highest BCUT2D eigenvalue weighted by Crippen LogP contribution is 2.18. The van der Waals surface area contributed by atoms with Crippen LogP contribution in [0.4, 0.5) is 9.59 Å². The minimum atomic E-state index is -1.26. The fraction of sp³-hybridized carbons (Fsp3) is 0.534. The largest absolute Gasteiger partial charge is 0.484 e. The second kappa shape index (κ2) is 31.0. The Morgan fingerprint density at radius 3 is 1.47 bits per heavy atom. The molecule has 6 N–H and O–H groups in total. The number of alkyl carbamates (subject to hydrolysis) is 1. The van der Waals surface area contributed by atoms with Crippen molar-refractivity contribution in [1.82, 2.24) is 31.9 Å². The molecule has 0 radical (unpaired) electrons. The van der Waals surface area contributed by atoms with Crippen LogP contribution in [0.2, 0.25) is 0 Å². The molecular weight excluding hydrogens is 1020 g/mol. The first-order valence-corrected chi connectivity index (χ1v) is 26.4. The van der Waals surface area contributed by atoms with Crippen molar-refractivity contribution >= 4 is 53.7 Å². The number of rotatable bonds is 27. The van der Waals surface area contributed by atoms with Crippen LogP contribution in [0.1, 0.15) is 132 Å². The van der Waals surface area contributed by atoms with Gasteiger partial charge < -0.3 is 60.3 Å². The van der Waals surface area contributed by atoms with E-state index in [9.17, 15) is 43.2 Å². The van der Waals surface area contributed by atoms with Crippen LogP contribution in [-0.4, -0.2) is 120 Å². The second-order valence-corrected chi connectivity index (χ2v) is 22.7. The molecule has 0 heterocycles. The monoisotopic (exact) mass is 1100 g/mol. The van der Waals surface area contributed by atoms with Crippen LogP contribution in [0.15, 0.2) is 84.9 Å². The summed E-state index contributed by atoms with van der Waals surface area (Å²) in [6.45, 7) is 19.5. The van der Waals surface area contributed by atoms with Crippen molar-refractivity contribution < 1.29 is 71.6 Å². The van der Waals surface area contributed by atoms with Gasteiger partial charge in [0.05, 0.1) is 0 Å². The maximum absolute atomic E-state index is 13.7. The zero-order valence-corrected chi connectivity index (χ0v) is 47.8. The van der Waals surface area contributed by atoms with Crippen molar-refractivity contribution in [2.75, 3.05) is 19.7 Å². The van der Waals surface area contributed by atoms with Crippen molar-refractivity contribution in [1.29, 1.82) is 0 Å². The maximum Gasteiger partial charge on any atom is 0.407 e. The summed E-state index contributed by atoms with van der Waals surface area (Å²) >= 11 is 0. The van der Waals surface area contributed by atoms with Gasteiger partial charge in [0.15, 0.2) is 6.61 Å². The Balaban J connectivity index is 1.60. The number of unbranched alkanes of at least 4 members (excludes halogenated alkanes) is 1. The van der Waals surface area contributed by atoms with Gasteiger partial charge in [-0.3, -0.25) is 19.2 Å². The number of benzene rings is 3. The van der Waals surface area contributed by atoms with Crippen LogP contribution in [0.3, 0.4) is 0 Å². The smallest absolute Gasteiger partial charge is 0.407 e. The van der Waals surface area contributed by atoms with Gasteiger partial charge in [-0.25, -0.2) is 24.0 Å². The van der Waals surface area contributed by atoms with Crippen LogP contribution >= 0.6 is 0 Å². The molecular formula is C58H82N6O15. The lowest BCUT2D eigenvalue weighted by Crippen LogP contribution is -2.53. The Bertz CT molecular complexity index is 2480. The normalized spacial score (nSPS) is 13.1. The van der Waals surface area contributed by atoms with Crippen LogP contribution in [0, 0.1) is 0 Å². The van der Waals surface area contributed by atoms with Gasteiger partial charge in [-0.05, 0) is 138 Å². The molecule has 0 saturated heterocycles. The number of esters is 4. The summed E-state index contributed by atoms with van der Waals surface area (Å²) in [7, 11) is 0. The van der Waals surface area contributed by atoms with E-state index in [1.807, 2.05) is 36.4 Å². The highest BCUT2D eigenvalue weighted by Gasteiger charge is 2.32. The number of hydrogen-bond acceptors (Lipinski definition) is 15. The molecule has 434 valence electrons. The fourth-order valence-electron chi connectivity index (χ4n) is 7.20. The van der Waals surface area contributed by atoms with E-state index < -0.39 is 113 Å². The molecule has 4 atom stereocenters. The van der Waals surface area contributed by atoms with E-state index in [0.717, 1.165) is 11.1 Å². The van der Waals surface area contributed by atoms with Crippen LogP contribution in [0.5, 0.6) is 5.75 Å². The molecule has 0 aliphatic carbocycles. The average molecular weight is 1100 g/mol. The zero-order valence-electron chi connectivity index (χ0n) is 47.8. The van der Waals surface area contributed by atoms with Gasteiger partial charge in [-0.15, -0.1) is 0 Å². The van der Waals surface area contributed by atoms with Gasteiger partial charge in [-0.1, -0.05) is 72.8 Å². The van der Waals surface area contributed by atoms with E-state index >= 15 is 0 Å². The van der Waals surface area contributed by atoms with E-state index in [-0.39, 0.29) is 45.3 Å². The molecule has 0 aromatic heterocycles. The third-order valence-electron chi connectivity index (χ3n) is 10.6. The summed E-state index contributed by atoms with van der Waals surface area (Å²) in [5, 5.41) is 15.8. The SMILES string of the molecule is CC(C)(C)OC(=O)CC[C@H](NC(=O)N[C@@H](CCCCNC(=O)[C@H](Cc1ccccc1)NC(=O)COc1ccc(C[C@H](NC(=O)CNC(=O)OCc2ccccc2)C(=O)OC(C)(C)C)cc1)C(=O)OC(C)(C)C)C(=O)OC(C)(C)C. The van der Waals surface area contributed by atoms with Crippen molar-refractivity contribution in [3.8, 4) is 5.75 Å². The lowest BCUT2D eigenvalue weighted by atomic mass is 10.0. The van der Waals surface area contributed by atoms with E-state index in [0.29, 0.717) is 24.2 Å². The number of urea groups is 1. The number of nitrogens with one attached hydrogen (secondary N) is 6. The Kier molecular flexibility index (Phi) is 25.8. The lowest BCUT2D eigenvalue weighted by molar-refractivity contribution is -0.159. The van der Waals surface area contributed by atoms with Gasteiger partial charge in [0.1, 0.15) is 65.5 Å².